The number of nitrogens with zero attached hydrogens (tertiary/aromatic N) is 2. The maximum absolute atomic E-state index is 13.2. The van der Waals surface area contributed by atoms with Gasteiger partial charge < -0.3 is 9.88 Å². The molecule has 3 aromatic rings. The molecule has 1 amide bonds. The average Bonchev–Trinajstić information content (AvgIpc) is 3.33. The van der Waals surface area contributed by atoms with Crippen molar-refractivity contribution in [1.29, 1.82) is 0 Å². The normalized spacial score (nSPS) is 18.7. The van der Waals surface area contributed by atoms with Crippen LogP contribution in [0.2, 0.25) is 0 Å². The van der Waals surface area contributed by atoms with Crippen molar-refractivity contribution in [2.45, 2.75) is 43.4 Å². The molecule has 2 saturated heterocycles. The topological polar surface area (TPSA) is 90.6 Å². The number of benzene rings is 2. The highest BCUT2D eigenvalue weighted by Gasteiger charge is 2.35. The summed E-state index contributed by atoms with van der Waals surface area (Å²) in [6.07, 6.45) is 2.93. The van der Waals surface area contributed by atoms with Crippen molar-refractivity contribution in [3.05, 3.63) is 65.9 Å². The monoisotopic (exact) mass is 493 g/mol. The molecule has 3 heterocycles. The van der Waals surface area contributed by atoms with Gasteiger partial charge in [0.05, 0.1) is 4.90 Å². The molecule has 8 heteroatoms. The van der Waals surface area contributed by atoms with Gasteiger partial charge >= 0.3 is 0 Å². The Balaban J connectivity index is 1.15. The van der Waals surface area contributed by atoms with E-state index in [1.165, 1.54) is 34.4 Å². The first-order valence-corrected chi connectivity index (χ1v) is 13.7. The van der Waals surface area contributed by atoms with E-state index < -0.39 is 10.0 Å². The predicted molar refractivity (Wildman–Crippen MR) is 135 cm³/mol. The maximum atomic E-state index is 13.2. The summed E-state index contributed by atoms with van der Waals surface area (Å²) in [5, 5.41) is 1.22. The summed E-state index contributed by atoms with van der Waals surface area (Å²) in [5.74, 6) is 0.348. The highest BCUT2D eigenvalue weighted by Crippen LogP contribution is 2.32. The van der Waals surface area contributed by atoms with Crippen LogP contribution in [-0.4, -0.2) is 60.5 Å². The summed E-state index contributed by atoms with van der Waals surface area (Å²) < 4.78 is 27.5. The lowest BCUT2D eigenvalue weighted by molar-refractivity contribution is -0.137. The van der Waals surface area contributed by atoms with Crippen LogP contribution in [0.4, 0.5) is 0 Å². The van der Waals surface area contributed by atoms with E-state index in [0.717, 1.165) is 31.4 Å². The SMILES string of the molecule is CC(=O)c1ccc(S(=O)(=O)N2CCC(C(=O)N3CCC(c4cc5ccccc5[nH]4)CC3)CC2)cc1. The lowest BCUT2D eigenvalue weighted by Crippen LogP contribution is -2.46. The molecule has 0 radical (unpaired) electrons. The summed E-state index contributed by atoms with van der Waals surface area (Å²) in [7, 11) is -3.63. The van der Waals surface area contributed by atoms with Crippen molar-refractivity contribution in [3.63, 3.8) is 0 Å². The second kappa shape index (κ2) is 9.59. The molecule has 1 N–H and O–H groups in total. The number of carbonyl (C=O) groups is 2. The summed E-state index contributed by atoms with van der Waals surface area (Å²) in [5.41, 5.74) is 2.88. The quantitative estimate of drug-likeness (QED) is 0.540. The van der Waals surface area contributed by atoms with E-state index in [-0.39, 0.29) is 22.5 Å². The Hall–Kier alpha value is -2.97. The molecule has 0 atom stereocenters. The van der Waals surface area contributed by atoms with Crippen LogP contribution in [0.15, 0.2) is 59.5 Å². The number of aromatic amines is 1. The summed E-state index contributed by atoms with van der Waals surface area (Å²) >= 11 is 0. The van der Waals surface area contributed by atoms with Gasteiger partial charge in [0.2, 0.25) is 15.9 Å². The van der Waals surface area contributed by atoms with Gasteiger partial charge in [0.15, 0.2) is 5.78 Å². The molecule has 7 nitrogen and oxygen atoms in total. The van der Waals surface area contributed by atoms with Crippen molar-refractivity contribution in [2.75, 3.05) is 26.2 Å². The Kier molecular flexibility index (Phi) is 6.51. The standard InChI is InChI=1S/C27H31N3O4S/c1-19(31)20-6-8-24(9-7-20)35(33,34)30-16-12-22(13-17-30)27(32)29-14-10-21(11-15-29)26-18-23-4-2-3-5-25(23)28-26/h2-9,18,21-22,28H,10-17H2,1H3. The first-order valence-electron chi connectivity index (χ1n) is 12.3. The van der Waals surface area contributed by atoms with Gasteiger partial charge in [0.25, 0.3) is 0 Å². The minimum absolute atomic E-state index is 0.0985. The summed E-state index contributed by atoms with van der Waals surface area (Å²) in [4.78, 5) is 30.3. The number of aromatic nitrogens is 1. The number of nitrogens with one attached hydrogen (secondary N) is 1. The van der Waals surface area contributed by atoms with Crippen LogP contribution < -0.4 is 0 Å². The molecule has 2 aliphatic rings. The molecule has 2 aromatic carbocycles. The van der Waals surface area contributed by atoms with Crippen LogP contribution >= 0.6 is 0 Å². The van der Waals surface area contributed by atoms with Crippen LogP contribution in [0.25, 0.3) is 10.9 Å². The first-order chi connectivity index (χ1) is 16.8. The third kappa shape index (κ3) is 4.77. The number of para-hydroxylation sites is 1. The Bertz CT molecular complexity index is 1300. The van der Waals surface area contributed by atoms with Gasteiger partial charge in [0.1, 0.15) is 0 Å². The summed E-state index contributed by atoms with van der Waals surface area (Å²) in [6, 6.07) is 16.6. The molecule has 35 heavy (non-hydrogen) atoms. The zero-order chi connectivity index (χ0) is 24.6. The van der Waals surface area contributed by atoms with E-state index in [4.69, 9.17) is 0 Å². The number of fused-ring (bicyclic) bond motifs is 1. The number of carbonyl (C=O) groups excluding carboxylic acids is 2. The second-order valence-corrected chi connectivity index (χ2v) is 11.6. The van der Waals surface area contributed by atoms with Crippen molar-refractivity contribution in [3.8, 4) is 0 Å². The number of ketones is 1. The highest BCUT2D eigenvalue weighted by molar-refractivity contribution is 7.89. The van der Waals surface area contributed by atoms with Crippen LogP contribution in [0.1, 0.15) is 54.6 Å². The zero-order valence-corrected chi connectivity index (χ0v) is 20.8. The molecular weight excluding hydrogens is 462 g/mol. The van der Waals surface area contributed by atoms with Crippen molar-refractivity contribution in [1.82, 2.24) is 14.2 Å². The van der Waals surface area contributed by atoms with Gasteiger partial charge in [0, 0.05) is 54.8 Å². The fourth-order valence-corrected chi connectivity index (χ4v) is 6.81. The van der Waals surface area contributed by atoms with Gasteiger partial charge in [-0.25, -0.2) is 8.42 Å². The number of H-pyrrole nitrogens is 1. The Morgan fingerprint density at radius 1 is 0.886 bits per heavy atom. The number of amides is 1. The summed E-state index contributed by atoms with van der Waals surface area (Å²) in [6.45, 7) is 3.59. The van der Waals surface area contributed by atoms with Crippen molar-refractivity contribution < 1.29 is 18.0 Å². The van der Waals surface area contributed by atoms with Crippen LogP contribution in [0.5, 0.6) is 0 Å². The zero-order valence-electron chi connectivity index (χ0n) is 19.9. The molecule has 0 bridgehead atoms. The van der Waals surface area contributed by atoms with Gasteiger partial charge in [-0.3, -0.25) is 9.59 Å². The lowest BCUT2D eigenvalue weighted by Gasteiger charge is -2.37. The molecule has 0 aliphatic carbocycles. The van der Waals surface area contributed by atoms with Crippen molar-refractivity contribution >= 4 is 32.6 Å². The number of hydrogen-bond acceptors (Lipinski definition) is 4. The van der Waals surface area contributed by atoms with E-state index >= 15 is 0 Å². The molecule has 1 aromatic heterocycles. The van der Waals surface area contributed by atoms with E-state index in [9.17, 15) is 18.0 Å². The second-order valence-electron chi connectivity index (χ2n) is 9.67. The van der Waals surface area contributed by atoms with Crippen LogP contribution in [0.3, 0.4) is 0 Å². The number of rotatable bonds is 5. The fourth-order valence-electron chi connectivity index (χ4n) is 5.34. The van der Waals surface area contributed by atoms with E-state index in [1.54, 1.807) is 12.1 Å². The van der Waals surface area contributed by atoms with E-state index in [2.05, 4.69) is 23.2 Å². The number of sulfonamides is 1. The van der Waals surface area contributed by atoms with Gasteiger partial charge in [-0.15, -0.1) is 0 Å². The van der Waals surface area contributed by atoms with Gasteiger partial charge in [-0.2, -0.15) is 4.31 Å². The Morgan fingerprint density at radius 3 is 2.17 bits per heavy atom. The maximum Gasteiger partial charge on any atom is 0.243 e. The van der Waals surface area contributed by atoms with Crippen LogP contribution in [0, 0.1) is 5.92 Å². The minimum atomic E-state index is -3.63. The van der Waals surface area contributed by atoms with Gasteiger partial charge in [-0.1, -0.05) is 30.3 Å². The number of piperidine rings is 2. The first kappa shape index (κ1) is 23.8. The number of likely N-dealkylation sites (tertiary alicyclic amines) is 1. The third-order valence-electron chi connectivity index (χ3n) is 7.50. The lowest BCUT2D eigenvalue weighted by atomic mass is 9.91. The molecular formula is C27H31N3O4S. The van der Waals surface area contributed by atoms with Crippen molar-refractivity contribution in [2.24, 2.45) is 5.92 Å². The average molecular weight is 494 g/mol. The Morgan fingerprint density at radius 2 is 1.54 bits per heavy atom. The van der Waals surface area contributed by atoms with E-state index in [0.29, 0.717) is 37.4 Å². The fraction of sp³-hybridized carbons (Fsp3) is 0.407. The minimum Gasteiger partial charge on any atom is -0.358 e. The highest BCUT2D eigenvalue weighted by atomic mass is 32.2. The number of Topliss-reactive ketones (excluding diaryl/α,β-unsaturated/α-hetero) is 1. The number of hydrogen-bond donors (Lipinski definition) is 1. The van der Waals surface area contributed by atoms with Gasteiger partial charge in [-0.05, 0) is 62.3 Å². The van der Waals surface area contributed by atoms with E-state index in [1.807, 2.05) is 17.0 Å². The Labute approximate surface area is 206 Å². The largest absolute Gasteiger partial charge is 0.358 e. The molecule has 5 rings (SSSR count). The molecule has 0 unspecified atom stereocenters. The smallest absolute Gasteiger partial charge is 0.243 e. The molecule has 0 spiro atoms. The molecule has 2 aliphatic heterocycles. The third-order valence-corrected chi connectivity index (χ3v) is 9.41. The predicted octanol–water partition coefficient (Wildman–Crippen LogP) is 4.18. The molecule has 2 fully saturated rings. The molecule has 0 saturated carbocycles. The molecule has 184 valence electrons. The van der Waals surface area contributed by atoms with Crippen LogP contribution in [-0.2, 0) is 14.8 Å².